The number of carbonyl (C=O) groups excluding carboxylic acids is 2. The van der Waals surface area contributed by atoms with Crippen molar-refractivity contribution in [2.45, 2.75) is 45.1 Å². The van der Waals surface area contributed by atoms with Gasteiger partial charge >= 0.3 is 5.97 Å². The fourth-order valence-electron chi connectivity index (χ4n) is 3.19. The lowest BCUT2D eigenvalue weighted by molar-refractivity contribution is -0.142. The van der Waals surface area contributed by atoms with Crippen LogP contribution in [0.1, 0.15) is 59.7 Å². The quantitative estimate of drug-likeness (QED) is 0.802. The molecule has 0 aromatic heterocycles. The number of nitrogens with zero attached hydrogens (tertiary/aromatic N) is 1. The van der Waals surface area contributed by atoms with E-state index in [9.17, 15) is 19.5 Å². The lowest BCUT2D eigenvalue weighted by Crippen LogP contribution is -2.42. The third-order valence-electron chi connectivity index (χ3n) is 4.84. The molecule has 1 aromatic carbocycles. The smallest absolute Gasteiger partial charge is 0.308 e. The molecular formula is C19H26N2O4. The zero-order chi connectivity index (χ0) is 18.4. The van der Waals surface area contributed by atoms with Gasteiger partial charge in [-0.05, 0) is 38.0 Å². The molecule has 2 atom stereocenters. The third-order valence-corrected chi connectivity index (χ3v) is 4.84. The van der Waals surface area contributed by atoms with Crippen LogP contribution in [-0.4, -0.2) is 47.4 Å². The molecule has 1 saturated carbocycles. The molecule has 2 rings (SSSR count). The Kier molecular flexibility index (Phi) is 6.56. The molecule has 1 aromatic rings. The fraction of sp³-hybridized carbons (Fsp3) is 0.526. The molecule has 0 bridgehead atoms. The second kappa shape index (κ2) is 8.65. The van der Waals surface area contributed by atoms with E-state index in [0.29, 0.717) is 30.5 Å². The fourth-order valence-corrected chi connectivity index (χ4v) is 3.19. The van der Waals surface area contributed by atoms with Crippen LogP contribution in [0.5, 0.6) is 0 Å². The zero-order valence-electron chi connectivity index (χ0n) is 14.8. The van der Waals surface area contributed by atoms with Crippen LogP contribution in [0.25, 0.3) is 0 Å². The van der Waals surface area contributed by atoms with Gasteiger partial charge in [-0.2, -0.15) is 0 Å². The van der Waals surface area contributed by atoms with E-state index in [4.69, 9.17) is 0 Å². The van der Waals surface area contributed by atoms with Gasteiger partial charge in [0.1, 0.15) is 0 Å². The van der Waals surface area contributed by atoms with Crippen molar-refractivity contribution in [1.29, 1.82) is 0 Å². The Balaban J connectivity index is 2.14. The molecule has 0 radical (unpaired) electrons. The van der Waals surface area contributed by atoms with Gasteiger partial charge < -0.3 is 15.3 Å². The number of rotatable bonds is 5. The Hall–Kier alpha value is -2.37. The summed E-state index contributed by atoms with van der Waals surface area (Å²) in [4.78, 5) is 37.9. The second-order valence-corrected chi connectivity index (χ2v) is 6.56. The van der Waals surface area contributed by atoms with Crippen molar-refractivity contribution in [3.8, 4) is 0 Å². The first-order chi connectivity index (χ1) is 11.9. The highest BCUT2D eigenvalue weighted by atomic mass is 16.4. The van der Waals surface area contributed by atoms with E-state index in [-0.39, 0.29) is 17.9 Å². The minimum absolute atomic E-state index is 0.143. The largest absolute Gasteiger partial charge is 0.481 e. The topological polar surface area (TPSA) is 86.7 Å². The van der Waals surface area contributed by atoms with Gasteiger partial charge in [-0.15, -0.1) is 0 Å². The van der Waals surface area contributed by atoms with Gasteiger partial charge in [0.2, 0.25) is 0 Å². The Labute approximate surface area is 148 Å². The number of aliphatic carboxylic acids is 1. The van der Waals surface area contributed by atoms with E-state index in [1.54, 1.807) is 36.2 Å². The molecular weight excluding hydrogens is 320 g/mol. The predicted octanol–water partition coefficient (Wildman–Crippen LogP) is 2.54. The number of amides is 2. The van der Waals surface area contributed by atoms with Crippen LogP contribution in [0.3, 0.4) is 0 Å². The highest BCUT2D eigenvalue weighted by Gasteiger charge is 2.30. The summed E-state index contributed by atoms with van der Waals surface area (Å²) in [5.41, 5.74) is 0.830. The Morgan fingerprint density at radius 2 is 1.84 bits per heavy atom. The number of carboxylic acid groups (broad SMARTS) is 1. The number of carboxylic acids is 1. The molecule has 0 heterocycles. The molecule has 136 valence electrons. The van der Waals surface area contributed by atoms with Crippen LogP contribution in [0, 0.1) is 5.92 Å². The minimum Gasteiger partial charge on any atom is -0.481 e. The highest BCUT2D eigenvalue weighted by Crippen LogP contribution is 2.24. The van der Waals surface area contributed by atoms with E-state index < -0.39 is 11.9 Å². The molecule has 6 nitrogen and oxygen atoms in total. The van der Waals surface area contributed by atoms with Gasteiger partial charge in [0.25, 0.3) is 11.8 Å². The Bertz CT molecular complexity index is 644. The van der Waals surface area contributed by atoms with Crippen molar-refractivity contribution >= 4 is 17.8 Å². The summed E-state index contributed by atoms with van der Waals surface area (Å²) < 4.78 is 0. The maximum absolute atomic E-state index is 12.6. The van der Waals surface area contributed by atoms with Crippen LogP contribution in [0.15, 0.2) is 24.3 Å². The summed E-state index contributed by atoms with van der Waals surface area (Å²) in [6.45, 7) is 2.46. The summed E-state index contributed by atoms with van der Waals surface area (Å²) in [5.74, 6) is -1.88. The van der Waals surface area contributed by atoms with Gasteiger partial charge in [0, 0.05) is 30.8 Å². The van der Waals surface area contributed by atoms with Crippen LogP contribution in [-0.2, 0) is 4.79 Å². The first-order valence-electron chi connectivity index (χ1n) is 8.83. The van der Waals surface area contributed by atoms with Crippen LogP contribution in [0.4, 0.5) is 0 Å². The molecule has 0 unspecified atom stereocenters. The SMILES string of the molecule is CCN(C)C(=O)c1cccc(C(=O)N[C@H]2CCCCC[C@H]2C(=O)O)c1. The van der Waals surface area contributed by atoms with Gasteiger partial charge in [-0.3, -0.25) is 14.4 Å². The normalized spacial score (nSPS) is 20.4. The summed E-state index contributed by atoms with van der Waals surface area (Å²) in [6.07, 6.45) is 4.02. The first kappa shape index (κ1) is 19.0. The molecule has 25 heavy (non-hydrogen) atoms. The third kappa shape index (κ3) is 4.81. The molecule has 0 spiro atoms. The average Bonchev–Trinajstić information content (AvgIpc) is 2.86. The van der Waals surface area contributed by atoms with Gasteiger partial charge in [0.15, 0.2) is 0 Å². The standard InChI is InChI=1S/C19H26N2O4/c1-3-21(2)18(23)14-9-7-8-13(12-14)17(22)20-16-11-6-4-5-10-15(16)19(24)25/h7-9,12,15-16H,3-6,10-11H2,1-2H3,(H,20,22)(H,24,25)/t15-,16+/m1/s1. The summed E-state index contributed by atoms with van der Waals surface area (Å²) in [6, 6.07) is 6.19. The van der Waals surface area contributed by atoms with Crippen molar-refractivity contribution in [3.63, 3.8) is 0 Å². The van der Waals surface area contributed by atoms with Gasteiger partial charge in [0.05, 0.1) is 5.92 Å². The van der Waals surface area contributed by atoms with Crippen molar-refractivity contribution < 1.29 is 19.5 Å². The molecule has 2 amide bonds. The summed E-state index contributed by atoms with van der Waals surface area (Å²) in [7, 11) is 1.71. The lowest BCUT2D eigenvalue weighted by atomic mass is 9.94. The number of benzene rings is 1. The van der Waals surface area contributed by atoms with Crippen molar-refractivity contribution in [2.24, 2.45) is 5.92 Å². The molecule has 0 aliphatic heterocycles. The summed E-state index contributed by atoms with van der Waals surface area (Å²) >= 11 is 0. The second-order valence-electron chi connectivity index (χ2n) is 6.56. The molecule has 2 N–H and O–H groups in total. The van der Waals surface area contributed by atoms with E-state index in [0.717, 1.165) is 19.3 Å². The maximum atomic E-state index is 12.6. The number of carbonyl (C=O) groups is 3. The monoisotopic (exact) mass is 346 g/mol. The number of hydrogen-bond acceptors (Lipinski definition) is 3. The Morgan fingerprint density at radius 3 is 2.52 bits per heavy atom. The van der Waals surface area contributed by atoms with E-state index >= 15 is 0 Å². The highest BCUT2D eigenvalue weighted by molar-refractivity contribution is 5.99. The lowest BCUT2D eigenvalue weighted by Gasteiger charge is -2.23. The average molecular weight is 346 g/mol. The van der Waals surface area contributed by atoms with Crippen molar-refractivity contribution in [3.05, 3.63) is 35.4 Å². The predicted molar refractivity (Wildman–Crippen MR) is 94.5 cm³/mol. The molecule has 1 fully saturated rings. The molecule has 1 aliphatic rings. The minimum atomic E-state index is -0.860. The van der Waals surface area contributed by atoms with Crippen LogP contribution >= 0.6 is 0 Å². The Morgan fingerprint density at radius 1 is 1.16 bits per heavy atom. The summed E-state index contributed by atoms with van der Waals surface area (Å²) in [5, 5.41) is 12.3. The van der Waals surface area contributed by atoms with Crippen molar-refractivity contribution in [1.82, 2.24) is 10.2 Å². The number of nitrogens with one attached hydrogen (secondary N) is 1. The molecule has 6 heteroatoms. The van der Waals surface area contributed by atoms with Gasteiger partial charge in [-0.1, -0.05) is 25.3 Å². The maximum Gasteiger partial charge on any atom is 0.308 e. The van der Waals surface area contributed by atoms with Crippen LogP contribution < -0.4 is 5.32 Å². The number of hydrogen-bond donors (Lipinski definition) is 2. The van der Waals surface area contributed by atoms with Gasteiger partial charge in [-0.25, -0.2) is 0 Å². The molecule has 1 aliphatic carbocycles. The van der Waals surface area contributed by atoms with Crippen LogP contribution in [0.2, 0.25) is 0 Å². The van der Waals surface area contributed by atoms with E-state index in [1.165, 1.54) is 0 Å². The first-order valence-corrected chi connectivity index (χ1v) is 8.83. The molecule has 0 saturated heterocycles. The van der Waals surface area contributed by atoms with Crippen molar-refractivity contribution in [2.75, 3.05) is 13.6 Å². The zero-order valence-corrected chi connectivity index (χ0v) is 14.8. The van der Waals surface area contributed by atoms with E-state index in [2.05, 4.69) is 5.32 Å². The van der Waals surface area contributed by atoms with E-state index in [1.807, 2.05) is 6.92 Å².